The van der Waals surface area contributed by atoms with Gasteiger partial charge in [-0.15, -0.1) is 0 Å². The summed E-state index contributed by atoms with van der Waals surface area (Å²) in [5.74, 6) is 0. The summed E-state index contributed by atoms with van der Waals surface area (Å²) in [6.07, 6.45) is -3.16. The van der Waals surface area contributed by atoms with Gasteiger partial charge in [0.25, 0.3) is 10.0 Å². The van der Waals surface area contributed by atoms with E-state index in [0.717, 1.165) is 5.56 Å². The van der Waals surface area contributed by atoms with Crippen molar-refractivity contribution >= 4 is 20.9 Å². The van der Waals surface area contributed by atoms with Gasteiger partial charge in [-0.2, -0.15) is 13.2 Å². The summed E-state index contributed by atoms with van der Waals surface area (Å²) in [7, 11) is -4.26. The Labute approximate surface area is 118 Å². The molecule has 1 N–H and O–H groups in total. The van der Waals surface area contributed by atoms with Gasteiger partial charge >= 0.3 is 6.18 Å². The Balaban J connectivity index is 2.32. The molecule has 0 unspecified atom stereocenters. The van der Waals surface area contributed by atoms with Gasteiger partial charge < -0.3 is 0 Å². The summed E-state index contributed by atoms with van der Waals surface area (Å²) >= 11 is 0. The third kappa shape index (κ3) is 3.90. The quantitative estimate of drug-likeness (QED) is 0.878. The lowest BCUT2D eigenvalue weighted by Gasteiger charge is -2.10. The molecule has 2 rings (SSSR count). The predicted octanol–water partition coefficient (Wildman–Crippen LogP) is 2.32. The molecule has 0 saturated heterocycles. The van der Waals surface area contributed by atoms with Crippen LogP contribution in [0.3, 0.4) is 0 Å². The summed E-state index contributed by atoms with van der Waals surface area (Å²) in [5.41, 5.74) is 0.990. The van der Waals surface area contributed by atoms with Crippen LogP contribution >= 0.6 is 0 Å². The second-order valence-electron chi connectivity index (χ2n) is 4.33. The number of rotatable bonds is 4. The van der Waals surface area contributed by atoms with Crippen molar-refractivity contribution in [3.63, 3.8) is 0 Å². The van der Waals surface area contributed by atoms with Crippen LogP contribution in [0.15, 0.2) is 35.4 Å². The Morgan fingerprint density at radius 1 is 1.33 bits per heavy atom. The molecule has 0 atom stereocenters. The average molecular weight is 320 g/mol. The van der Waals surface area contributed by atoms with Crippen LogP contribution in [0.25, 0.3) is 10.9 Å². The summed E-state index contributed by atoms with van der Waals surface area (Å²) in [6, 6.07) is 6.09. The fourth-order valence-electron chi connectivity index (χ4n) is 1.69. The normalized spacial score (nSPS) is 12.8. The fourth-order valence-corrected chi connectivity index (χ4v) is 2.68. The van der Waals surface area contributed by atoms with Crippen molar-refractivity contribution in [2.45, 2.75) is 18.0 Å². The van der Waals surface area contributed by atoms with Crippen LogP contribution in [0.5, 0.6) is 0 Å². The lowest BCUT2D eigenvalue weighted by Crippen LogP contribution is -2.29. The van der Waals surface area contributed by atoms with Gasteiger partial charge in [-0.1, -0.05) is 17.0 Å². The van der Waals surface area contributed by atoms with E-state index < -0.39 is 22.8 Å². The minimum absolute atomic E-state index is 0.159. The highest BCUT2D eigenvalue weighted by Crippen LogP contribution is 2.22. The summed E-state index contributed by atoms with van der Waals surface area (Å²) in [6.45, 7) is 0.0713. The summed E-state index contributed by atoms with van der Waals surface area (Å²) in [4.78, 5) is 9.21. The molecule has 9 heteroatoms. The molecule has 0 fully saturated rings. The van der Waals surface area contributed by atoms with E-state index in [4.69, 9.17) is 0 Å². The van der Waals surface area contributed by atoms with E-state index in [1.165, 1.54) is 23.2 Å². The molecule has 0 saturated carbocycles. The first-order valence-corrected chi connectivity index (χ1v) is 7.23. The molecule has 0 amide bonds. The Bertz CT molecular complexity index is 760. The molecule has 5 nitrogen and oxygen atoms in total. The zero-order valence-corrected chi connectivity index (χ0v) is 11.6. The number of aromatic nitrogens is 1. The van der Waals surface area contributed by atoms with Crippen LogP contribution in [0.1, 0.15) is 5.56 Å². The zero-order valence-electron chi connectivity index (χ0n) is 10.8. The predicted molar refractivity (Wildman–Crippen MR) is 68.8 cm³/mol. The van der Waals surface area contributed by atoms with E-state index in [2.05, 4.69) is 9.82 Å². The molecular formula is C12H11F3N2O3S. The first-order valence-electron chi connectivity index (χ1n) is 5.75. The molecule has 1 heterocycles. The van der Waals surface area contributed by atoms with Gasteiger partial charge in [0.05, 0.1) is 5.52 Å². The van der Waals surface area contributed by atoms with Crippen molar-refractivity contribution in [3.05, 3.63) is 36.0 Å². The third-order valence-electron chi connectivity index (χ3n) is 2.50. The first-order chi connectivity index (χ1) is 9.69. The minimum Gasteiger partial charge on any atom is -0.277 e. The van der Waals surface area contributed by atoms with Crippen LogP contribution in [-0.2, 0) is 14.9 Å². The highest BCUT2D eigenvalue weighted by molar-refractivity contribution is 7.89. The van der Waals surface area contributed by atoms with E-state index in [1.54, 1.807) is 19.1 Å². The number of hydrogen-bond acceptors (Lipinski definition) is 4. The van der Waals surface area contributed by atoms with Crippen molar-refractivity contribution in [1.82, 2.24) is 9.87 Å². The lowest BCUT2D eigenvalue weighted by molar-refractivity contribution is -0.181. The fraction of sp³-hybridized carbons (Fsp3) is 0.250. The number of sulfonamides is 1. The van der Waals surface area contributed by atoms with Crippen molar-refractivity contribution in [2.24, 2.45) is 0 Å². The first kappa shape index (κ1) is 15.7. The maximum atomic E-state index is 12.0. The SMILES string of the molecule is Cc1cnc2c(S(=O)(=O)NOCC(F)(F)F)cccc2c1. The van der Waals surface area contributed by atoms with E-state index >= 15 is 0 Å². The summed E-state index contributed by atoms with van der Waals surface area (Å²) in [5, 5.41) is 0.564. The average Bonchev–Trinajstić information content (AvgIpc) is 2.35. The highest BCUT2D eigenvalue weighted by Gasteiger charge is 2.29. The van der Waals surface area contributed by atoms with Gasteiger partial charge in [0.2, 0.25) is 0 Å². The number of halogens is 3. The largest absolute Gasteiger partial charge is 0.413 e. The van der Waals surface area contributed by atoms with Crippen LogP contribution in [0, 0.1) is 6.92 Å². The van der Waals surface area contributed by atoms with Crippen LogP contribution in [0.2, 0.25) is 0 Å². The van der Waals surface area contributed by atoms with Crippen molar-refractivity contribution in [3.8, 4) is 0 Å². The molecule has 0 radical (unpaired) electrons. The van der Waals surface area contributed by atoms with E-state index in [-0.39, 0.29) is 10.4 Å². The number of fused-ring (bicyclic) bond motifs is 1. The van der Waals surface area contributed by atoms with Gasteiger partial charge in [0, 0.05) is 11.6 Å². The van der Waals surface area contributed by atoms with Gasteiger partial charge in [-0.25, -0.2) is 8.42 Å². The number of benzene rings is 1. The van der Waals surface area contributed by atoms with Crippen LogP contribution < -0.4 is 4.89 Å². The number of nitrogens with one attached hydrogen (secondary N) is 1. The van der Waals surface area contributed by atoms with E-state index in [1.807, 2.05) is 0 Å². The maximum absolute atomic E-state index is 12.0. The standard InChI is InChI=1S/C12H11F3N2O3S/c1-8-5-9-3-2-4-10(11(9)16-6-8)21(18,19)17-20-7-12(13,14)15/h2-6,17H,7H2,1H3. The molecule has 0 aliphatic carbocycles. The third-order valence-corrected chi connectivity index (χ3v) is 3.75. The van der Waals surface area contributed by atoms with Crippen molar-refractivity contribution in [2.75, 3.05) is 6.61 Å². The number of nitrogens with zero attached hydrogens (tertiary/aromatic N) is 1. The molecule has 0 aliphatic rings. The molecule has 21 heavy (non-hydrogen) atoms. The molecule has 0 aliphatic heterocycles. The maximum Gasteiger partial charge on any atom is 0.413 e. The van der Waals surface area contributed by atoms with Crippen LogP contribution in [0.4, 0.5) is 13.2 Å². The molecule has 1 aromatic carbocycles. The Morgan fingerprint density at radius 3 is 2.71 bits per heavy atom. The van der Waals surface area contributed by atoms with Gasteiger partial charge in [-0.3, -0.25) is 9.82 Å². The van der Waals surface area contributed by atoms with E-state index in [9.17, 15) is 21.6 Å². The molecular weight excluding hydrogens is 309 g/mol. The van der Waals surface area contributed by atoms with Gasteiger partial charge in [-0.05, 0) is 24.6 Å². The number of hydrogen-bond donors (Lipinski definition) is 1. The molecule has 114 valence electrons. The smallest absolute Gasteiger partial charge is 0.277 e. The number of pyridine rings is 1. The minimum atomic E-state index is -4.63. The zero-order chi connectivity index (χ0) is 15.7. The Hall–Kier alpha value is -1.71. The lowest BCUT2D eigenvalue weighted by atomic mass is 10.2. The van der Waals surface area contributed by atoms with Gasteiger partial charge in [0.1, 0.15) is 4.90 Å². The van der Waals surface area contributed by atoms with E-state index in [0.29, 0.717) is 5.39 Å². The number of para-hydroxylation sites is 1. The van der Waals surface area contributed by atoms with Gasteiger partial charge in [0.15, 0.2) is 6.61 Å². The molecule has 1 aromatic heterocycles. The summed E-state index contributed by atoms with van der Waals surface area (Å²) < 4.78 is 59.8. The van der Waals surface area contributed by atoms with Crippen molar-refractivity contribution in [1.29, 1.82) is 0 Å². The topological polar surface area (TPSA) is 68.3 Å². The number of aryl methyl sites for hydroxylation is 1. The second-order valence-corrected chi connectivity index (χ2v) is 5.94. The van der Waals surface area contributed by atoms with Crippen LogP contribution in [-0.4, -0.2) is 26.2 Å². The molecule has 0 spiro atoms. The molecule has 2 aromatic rings. The Morgan fingerprint density at radius 2 is 2.05 bits per heavy atom. The second kappa shape index (κ2) is 5.58. The Kier molecular flexibility index (Phi) is 4.17. The van der Waals surface area contributed by atoms with Crippen molar-refractivity contribution < 1.29 is 26.4 Å². The monoisotopic (exact) mass is 320 g/mol. The number of alkyl halides is 3. The molecule has 0 bridgehead atoms. The highest BCUT2D eigenvalue weighted by atomic mass is 32.2.